The maximum Gasteiger partial charge on any atom is 0.325 e. The zero-order valence-electron chi connectivity index (χ0n) is 15.6. The summed E-state index contributed by atoms with van der Waals surface area (Å²) in [6.07, 6.45) is 3.67. The molecule has 3 fully saturated rings. The van der Waals surface area contributed by atoms with Crippen LogP contribution in [-0.4, -0.2) is 75.8 Å². The molecule has 8 heteroatoms. The Morgan fingerprint density at radius 2 is 1.96 bits per heavy atom. The molecule has 0 aromatic carbocycles. The van der Waals surface area contributed by atoms with Gasteiger partial charge in [0.2, 0.25) is 5.91 Å². The molecule has 0 unspecified atom stereocenters. The largest absolute Gasteiger partial charge is 0.339 e. The molecule has 1 atom stereocenters. The number of urea groups is 1. The number of hydrogen-bond donors (Lipinski definition) is 1. The van der Waals surface area contributed by atoms with E-state index in [0.717, 1.165) is 43.1 Å². The van der Waals surface area contributed by atoms with E-state index in [-0.39, 0.29) is 24.3 Å². The van der Waals surface area contributed by atoms with Crippen LogP contribution in [0.2, 0.25) is 0 Å². The van der Waals surface area contributed by atoms with Gasteiger partial charge < -0.3 is 10.2 Å². The molecule has 27 heavy (non-hydrogen) atoms. The first-order chi connectivity index (χ1) is 13.0. The van der Waals surface area contributed by atoms with Crippen molar-refractivity contribution >= 4 is 17.8 Å². The minimum Gasteiger partial charge on any atom is -0.339 e. The monoisotopic (exact) mass is 371 g/mol. The molecule has 1 N–H and O–H groups in total. The van der Waals surface area contributed by atoms with E-state index in [2.05, 4.69) is 15.2 Å². The molecule has 0 radical (unpaired) electrons. The number of piperazine rings is 1. The molecule has 8 nitrogen and oxygen atoms in total. The van der Waals surface area contributed by atoms with Crippen molar-refractivity contribution < 1.29 is 14.4 Å². The van der Waals surface area contributed by atoms with E-state index in [1.165, 1.54) is 0 Å². The van der Waals surface area contributed by atoms with Gasteiger partial charge >= 0.3 is 6.03 Å². The lowest BCUT2D eigenvalue weighted by Crippen LogP contribution is -2.52. The van der Waals surface area contributed by atoms with Gasteiger partial charge in [-0.1, -0.05) is 6.07 Å². The highest BCUT2D eigenvalue weighted by Crippen LogP contribution is 2.42. The Morgan fingerprint density at radius 1 is 1.22 bits per heavy atom. The van der Waals surface area contributed by atoms with Crippen molar-refractivity contribution in [3.63, 3.8) is 0 Å². The van der Waals surface area contributed by atoms with Gasteiger partial charge in [-0.25, -0.2) is 4.79 Å². The maximum atomic E-state index is 12.6. The summed E-state index contributed by atoms with van der Waals surface area (Å²) in [5.41, 5.74) is 0.176. The van der Waals surface area contributed by atoms with Crippen LogP contribution < -0.4 is 5.32 Å². The molecule has 1 saturated carbocycles. The Balaban J connectivity index is 1.30. The zero-order valence-corrected chi connectivity index (χ0v) is 15.6. The van der Waals surface area contributed by atoms with Gasteiger partial charge in [0.1, 0.15) is 12.1 Å². The third kappa shape index (κ3) is 3.53. The quantitative estimate of drug-likeness (QED) is 0.760. The lowest BCUT2D eigenvalue weighted by atomic mass is 9.96. The molecule has 4 amide bonds. The lowest BCUT2D eigenvalue weighted by molar-refractivity contribution is -0.140. The molecule has 144 valence electrons. The molecule has 1 aromatic heterocycles. The van der Waals surface area contributed by atoms with Crippen LogP contribution in [0.3, 0.4) is 0 Å². The Kier molecular flexibility index (Phi) is 4.59. The van der Waals surface area contributed by atoms with Crippen molar-refractivity contribution in [2.24, 2.45) is 5.92 Å². The maximum absolute atomic E-state index is 12.6. The summed E-state index contributed by atoms with van der Waals surface area (Å²) in [4.78, 5) is 46.9. The molecular formula is C19H25N5O3. The number of amides is 4. The number of nitrogens with zero attached hydrogens (tertiary/aromatic N) is 4. The minimum absolute atomic E-state index is 0.170. The standard InChI is InChI=1S/C19H25N5O3/c1-19(14-5-6-14)17(26)24(18(27)21-19)13-16(25)23-10-8-22(9-11-23)12-15-4-2-3-7-20-15/h2-4,7,14H,5-6,8-13H2,1H3,(H,21,27)/t19-/m0/s1. The Labute approximate surface area is 158 Å². The SMILES string of the molecule is C[C@@]1(C2CC2)NC(=O)N(CC(=O)N2CCN(Cc3ccccn3)CC2)C1=O. The van der Waals surface area contributed by atoms with Gasteiger partial charge in [-0.3, -0.25) is 24.4 Å². The number of carbonyl (C=O) groups excluding carboxylic acids is 3. The molecule has 1 aliphatic carbocycles. The second kappa shape index (κ2) is 6.92. The minimum atomic E-state index is -0.835. The van der Waals surface area contributed by atoms with Gasteiger partial charge in [-0.15, -0.1) is 0 Å². The number of aromatic nitrogens is 1. The molecule has 3 heterocycles. The molecule has 2 aliphatic heterocycles. The van der Waals surface area contributed by atoms with E-state index in [9.17, 15) is 14.4 Å². The number of imide groups is 1. The van der Waals surface area contributed by atoms with Gasteiger partial charge in [0, 0.05) is 38.9 Å². The van der Waals surface area contributed by atoms with E-state index in [1.807, 2.05) is 18.2 Å². The Bertz CT molecular complexity index is 743. The fourth-order valence-corrected chi connectivity index (χ4v) is 3.91. The second-order valence-electron chi connectivity index (χ2n) is 7.78. The summed E-state index contributed by atoms with van der Waals surface area (Å²) < 4.78 is 0. The fourth-order valence-electron chi connectivity index (χ4n) is 3.91. The molecule has 3 aliphatic rings. The number of hydrogen-bond acceptors (Lipinski definition) is 5. The van der Waals surface area contributed by atoms with Crippen molar-refractivity contribution in [2.45, 2.75) is 31.8 Å². The van der Waals surface area contributed by atoms with Gasteiger partial charge in [-0.2, -0.15) is 0 Å². The molecule has 2 saturated heterocycles. The summed E-state index contributed by atoms with van der Waals surface area (Å²) in [7, 11) is 0. The first kappa shape index (κ1) is 17.9. The van der Waals surface area contributed by atoms with E-state index in [4.69, 9.17) is 0 Å². The van der Waals surface area contributed by atoms with Crippen molar-refractivity contribution in [3.8, 4) is 0 Å². The van der Waals surface area contributed by atoms with Crippen LogP contribution >= 0.6 is 0 Å². The van der Waals surface area contributed by atoms with Crippen molar-refractivity contribution in [1.29, 1.82) is 0 Å². The first-order valence-corrected chi connectivity index (χ1v) is 9.51. The molecule has 0 spiro atoms. The Hall–Kier alpha value is -2.48. The highest BCUT2D eigenvalue weighted by molar-refractivity contribution is 6.09. The molecule has 4 rings (SSSR count). The number of nitrogens with one attached hydrogen (secondary N) is 1. The van der Waals surface area contributed by atoms with E-state index in [1.54, 1.807) is 18.0 Å². The van der Waals surface area contributed by atoms with Crippen LogP contribution in [0.1, 0.15) is 25.5 Å². The summed E-state index contributed by atoms with van der Waals surface area (Å²) in [5, 5.41) is 2.79. The smallest absolute Gasteiger partial charge is 0.325 e. The average Bonchev–Trinajstić information content (AvgIpc) is 3.49. The van der Waals surface area contributed by atoms with E-state index >= 15 is 0 Å². The topological polar surface area (TPSA) is 85.8 Å². The number of carbonyl (C=O) groups is 3. The average molecular weight is 371 g/mol. The van der Waals surface area contributed by atoms with Gasteiger partial charge in [0.25, 0.3) is 5.91 Å². The van der Waals surface area contributed by atoms with Crippen molar-refractivity contribution in [2.75, 3.05) is 32.7 Å². The number of rotatable bonds is 5. The van der Waals surface area contributed by atoms with Gasteiger partial charge in [0.15, 0.2) is 0 Å². The third-order valence-electron chi connectivity index (χ3n) is 5.83. The number of pyridine rings is 1. The normalized spacial score (nSPS) is 26.4. The first-order valence-electron chi connectivity index (χ1n) is 9.51. The lowest BCUT2D eigenvalue weighted by Gasteiger charge is -2.35. The summed E-state index contributed by atoms with van der Waals surface area (Å²) >= 11 is 0. The van der Waals surface area contributed by atoms with Crippen LogP contribution in [0.15, 0.2) is 24.4 Å². The second-order valence-corrected chi connectivity index (χ2v) is 7.78. The fraction of sp³-hybridized carbons (Fsp3) is 0.579. The van der Waals surface area contributed by atoms with Crippen LogP contribution in [0.4, 0.5) is 4.79 Å². The molecular weight excluding hydrogens is 346 g/mol. The summed E-state index contributed by atoms with van der Waals surface area (Å²) in [5.74, 6) is -0.239. The van der Waals surface area contributed by atoms with E-state index in [0.29, 0.717) is 13.1 Å². The highest BCUT2D eigenvalue weighted by atomic mass is 16.2. The highest BCUT2D eigenvalue weighted by Gasteiger charge is 2.56. The Morgan fingerprint density at radius 3 is 2.59 bits per heavy atom. The predicted octanol–water partition coefficient (Wildman–Crippen LogP) is 0.446. The van der Waals surface area contributed by atoms with Gasteiger partial charge in [-0.05, 0) is 37.8 Å². The van der Waals surface area contributed by atoms with Crippen molar-refractivity contribution in [3.05, 3.63) is 30.1 Å². The molecule has 1 aromatic rings. The zero-order chi connectivity index (χ0) is 19.0. The third-order valence-corrected chi connectivity index (χ3v) is 5.83. The summed E-state index contributed by atoms with van der Waals surface area (Å²) in [6.45, 7) is 5.05. The van der Waals surface area contributed by atoms with Crippen LogP contribution in [-0.2, 0) is 16.1 Å². The van der Waals surface area contributed by atoms with Crippen LogP contribution in [0, 0.1) is 5.92 Å². The van der Waals surface area contributed by atoms with E-state index < -0.39 is 11.6 Å². The van der Waals surface area contributed by atoms with Gasteiger partial charge in [0.05, 0.1) is 5.69 Å². The van der Waals surface area contributed by atoms with Crippen LogP contribution in [0.5, 0.6) is 0 Å². The van der Waals surface area contributed by atoms with Crippen LogP contribution in [0.25, 0.3) is 0 Å². The predicted molar refractivity (Wildman–Crippen MR) is 97.5 cm³/mol. The van der Waals surface area contributed by atoms with Crippen molar-refractivity contribution in [1.82, 2.24) is 25.0 Å². The molecule has 0 bridgehead atoms. The summed E-state index contributed by atoms with van der Waals surface area (Å²) in [6, 6.07) is 5.41.